The summed E-state index contributed by atoms with van der Waals surface area (Å²) in [4.78, 5) is 9.98. The molecule has 1 heterocycles. The average Bonchev–Trinajstić information content (AvgIpc) is 2.18. The number of hydrogen-bond donors (Lipinski definition) is 2. The topological polar surface area (TPSA) is 87.6 Å². The van der Waals surface area contributed by atoms with Crippen molar-refractivity contribution < 1.29 is 5.21 Å². The number of amidine groups is 1. The van der Waals surface area contributed by atoms with E-state index in [4.69, 9.17) is 10.9 Å². The number of rotatable bonds is 3. The van der Waals surface area contributed by atoms with Crippen molar-refractivity contribution in [2.45, 2.75) is 6.42 Å². The van der Waals surface area contributed by atoms with Gasteiger partial charge in [0, 0.05) is 32.9 Å². The molecule has 1 rings (SSSR count). The molecule has 0 spiro atoms. The summed E-state index contributed by atoms with van der Waals surface area (Å²) in [6.07, 6.45) is 3.66. The Labute approximate surface area is 82.1 Å². The second-order valence-electron chi connectivity index (χ2n) is 3.05. The van der Waals surface area contributed by atoms with Gasteiger partial charge in [-0.3, -0.25) is 0 Å². The predicted molar refractivity (Wildman–Crippen MR) is 53.5 cm³/mol. The van der Waals surface area contributed by atoms with E-state index in [-0.39, 0.29) is 5.84 Å². The molecular formula is C8H13N5O. The van der Waals surface area contributed by atoms with Gasteiger partial charge in [-0.2, -0.15) is 0 Å². The third-order valence-corrected chi connectivity index (χ3v) is 1.61. The van der Waals surface area contributed by atoms with Crippen molar-refractivity contribution in [1.29, 1.82) is 0 Å². The maximum atomic E-state index is 8.35. The lowest BCUT2D eigenvalue weighted by atomic mass is 10.2. The molecular weight excluding hydrogens is 182 g/mol. The fourth-order valence-electron chi connectivity index (χ4n) is 0.915. The zero-order valence-corrected chi connectivity index (χ0v) is 8.18. The Morgan fingerprint density at radius 1 is 1.50 bits per heavy atom. The van der Waals surface area contributed by atoms with Gasteiger partial charge >= 0.3 is 0 Å². The standard InChI is InChI=1S/C8H13N5O/c1-13(2)8-10-4-6(5-11-8)3-7(9)12-14/h4-5,14H,3H2,1-2H3,(H2,9,12). The molecule has 0 aliphatic rings. The lowest BCUT2D eigenvalue weighted by Crippen LogP contribution is -2.16. The van der Waals surface area contributed by atoms with Gasteiger partial charge in [-0.05, 0) is 5.56 Å². The van der Waals surface area contributed by atoms with Crippen molar-refractivity contribution in [3.8, 4) is 0 Å². The van der Waals surface area contributed by atoms with Crippen LogP contribution < -0.4 is 10.6 Å². The first kappa shape index (κ1) is 10.2. The summed E-state index contributed by atoms with van der Waals surface area (Å²) < 4.78 is 0. The predicted octanol–water partition coefficient (Wildman–Crippen LogP) is -0.169. The van der Waals surface area contributed by atoms with Crippen molar-refractivity contribution in [2.75, 3.05) is 19.0 Å². The lowest BCUT2D eigenvalue weighted by molar-refractivity contribution is 0.317. The molecule has 0 bridgehead atoms. The van der Waals surface area contributed by atoms with Gasteiger partial charge in [0.05, 0.1) is 0 Å². The maximum Gasteiger partial charge on any atom is 0.224 e. The number of anilines is 1. The van der Waals surface area contributed by atoms with Crippen molar-refractivity contribution >= 4 is 11.8 Å². The summed E-state index contributed by atoms with van der Waals surface area (Å²) in [5.41, 5.74) is 6.15. The fourth-order valence-corrected chi connectivity index (χ4v) is 0.915. The van der Waals surface area contributed by atoms with Crippen LogP contribution in [-0.4, -0.2) is 35.1 Å². The molecule has 0 aromatic carbocycles. The number of oxime groups is 1. The molecule has 0 aliphatic heterocycles. The summed E-state index contributed by atoms with van der Waals surface area (Å²) in [7, 11) is 3.72. The highest BCUT2D eigenvalue weighted by molar-refractivity contribution is 5.81. The normalized spacial score (nSPS) is 11.4. The SMILES string of the molecule is CN(C)c1ncc(C/C(N)=N/O)cn1. The quantitative estimate of drug-likeness (QED) is 0.302. The van der Waals surface area contributed by atoms with E-state index in [0.717, 1.165) is 5.56 Å². The Kier molecular flexibility index (Phi) is 3.22. The molecule has 0 saturated heterocycles. The Bertz CT molecular complexity index is 319. The van der Waals surface area contributed by atoms with Crippen LogP contribution in [0, 0.1) is 0 Å². The summed E-state index contributed by atoms with van der Waals surface area (Å²) in [5, 5.41) is 11.2. The molecule has 0 unspecified atom stereocenters. The van der Waals surface area contributed by atoms with E-state index < -0.39 is 0 Å². The average molecular weight is 195 g/mol. The van der Waals surface area contributed by atoms with Crippen LogP contribution in [0.5, 0.6) is 0 Å². The molecule has 0 fully saturated rings. The van der Waals surface area contributed by atoms with Crippen LogP contribution in [0.25, 0.3) is 0 Å². The number of aromatic nitrogens is 2. The first-order chi connectivity index (χ1) is 6.63. The van der Waals surface area contributed by atoms with Gasteiger partial charge in [0.1, 0.15) is 5.84 Å². The first-order valence-electron chi connectivity index (χ1n) is 4.08. The van der Waals surface area contributed by atoms with Gasteiger partial charge < -0.3 is 15.8 Å². The maximum absolute atomic E-state index is 8.35. The molecule has 0 amide bonds. The highest BCUT2D eigenvalue weighted by Gasteiger charge is 2.01. The molecule has 0 saturated carbocycles. The molecule has 3 N–H and O–H groups in total. The minimum Gasteiger partial charge on any atom is -0.409 e. The highest BCUT2D eigenvalue weighted by atomic mass is 16.4. The summed E-state index contributed by atoms with van der Waals surface area (Å²) >= 11 is 0. The lowest BCUT2D eigenvalue weighted by Gasteiger charge is -2.09. The van der Waals surface area contributed by atoms with Crippen LogP contribution in [0.4, 0.5) is 5.95 Å². The first-order valence-corrected chi connectivity index (χ1v) is 4.08. The molecule has 0 atom stereocenters. The van der Waals surface area contributed by atoms with Gasteiger partial charge in [-0.25, -0.2) is 9.97 Å². The van der Waals surface area contributed by atoms with Crippen LogP contribution in [0.2, 0.25) is 0 Å². The van der Waals surface area contributed by atoms with E-state index in [1.165, 1.54) is 0 Å². The van der Waals surface area contributed by atoms with E-state index in [9.17, 15) is 0 Å². The smallest absolute Gasteiger partial charge is 0.224 e. The molecule has 0 radical (unpaired) electrons. The van der Waals surface area contributed by atoms with Gasteiger partial charge in [-0.1, -0.05) is 5.16 Å². The Hall–Kier alpha value is -1.85. The van der Waals surface area contributed by atoms with Crippen molar-refractivity contribution in [2.24, 2.45) is 10.9 Å². The summed E-state index contributed by atoms with van der Waals surface area (Å²) in [6, 6.07) is 0. The Morgan fingerprint density at radius 3 is 2.50 bits per heavy atom. The largest absolute Gasteiger partial charge is 0.409 e. The Morgan fingerprint density at radius 2 is 2.07 bits per heavy atom. The molecule has 6 heteroatoms. The van der Waals surface area contributed by atoms with Gasteiger partial charge in [0.15, 0.2) is 0 Å². The van der Waals surface area contributed by atoms with Crippen molar-refractivity contribution in [1.82, 2.24) is 9.97 Å². The van der Waals surface area contributed by atoms with Gasteiger partial charge in [0.2, 0.25) is 5.95 Å². The van der Waals surface area contributed by atoms with E-state index in [1.807, 2.05) is 14.1 Å². The summed E-state index contributed by atoms with van der Waals surface area (Å²) in [6.45, 7) is 0. The zero-order chi connectivity index (χ0) is 10.6. The van der Waals surface area contributed by atoms with E-state index in [1.54, 1.807) is 17.3 Å². The molecule has 1 aromatic rings. The third kappa shape index (κ3) is 2.58. The minimum atomic E-state index is 0.145. The fraction of sp³-hybridized carbons (Fsp3) is 0.375. The van der Waals surface area contributed by atoms with Gasteiger partial charge in [-0.15, -0.1) is 0 Å². The minimum absolute atomic E-state index is 0.145. The van der Waals surface area contributed by atoms with Crippen molar-refractivity contribution in [3.63, 3.8) is 0 Å². The monoisotopic (exact) mass is 195 g/mol. The third-order valence-electron chi connectivity index (χ3n) is 1.61. The molecule has 76 valence electrons. The zero-order valence-electron chi connectivity index (χ0n) is 8.18. The molecule has 14 heavy (non-hydrogen) atoms. The van der Waals surface area contributed by atoms with E-state index in [2.05, 4.69) is 15.1 Å². The molecule has 0 aliphatic carbocycles. The number of nitrogens with zero attached hydrogens (tertiary/aromatic N) is 4. The number of nitrogens with two attached hydrogens (primary N) is 1. The Balaban J connectivity index is 2.74. The van der Waals surface area contributed by atoms with Crippen LogP contribution >= 0.6 is 0 Å². The summed E-state index contributed by atoms with van der Waals surface area (Å²) in [5.74, 6) is 0.777. The number of hydrogen-bond acceptors (Lipinski definition) is 5. The molecule has 6 nitrogen and oxygen atoms in total. The van der Waals surface area contributed by atoms with Crippen LogP contribution in [-0.2, 0) is 6.42 Å². The van der Waals surface area contributed by atoms with E-state index in [0.29, 0.717) is 12.4 Å². The van der Waals surface area contributed by atoms with Crippen LogP contribution in [0.15, 0.2) is 17.5 Å². The van der Waals surface area contributed by atoms with E-state index >= 15 is 0 Å². The molecule has 1 aromatic heterocycles. The van der Waals surface area contributed by atoms with Gasteiger partial charge in [0.25, 0.3) is 0 Å². The highest BCUT2D eigenvalue weighted by Crippen LogP contribution is 2.03. The van der Waals surface area contributed by atoms with Crippen LogP contribution in [0.1, 0.15) is 5.56 Å². The second-order valence-corrected chi connectivity index (χ2v) is 3.05. The van der Waals surface area contributed by atoms with Crippen molar-refractivity contribution in [3.05, 3.63) is 18.0 Å². The second kappa shape index (κ2) is 4.40. The van der Waals surface area contributed by atoms with Crippen LogP contribution in [0.3, 0.4) is 0 Å².